The largest absolute Gasteiger partial charge is 0.508 e. The molecule has 2 N–H and O–H groups in total. The second-order valence-corrected chi connectivity index (χ2v) is 11.5. The maximum Gasteiger partial charge on any atom is 0.319 e. The average molecular weight is 533 g/mol. The first-order chi connectivity index (χ1) is 17.1. The van der Waals surface area contributed by atoms with Crippen molar-refractivity contribution in [1.82, 2.24) is 0 Å². The number of phenolic OH excluding ortho intramolecular Hbond substituents is 1. The van der Waals surface area contributed by atoms with Crippen LogP contribution in [0.5, 0.6) is 17.2 Å². The van der Waals surface area contributed by atoms with E-state index >= 15 is 0 Å². The van der Waals surface area contributed by atoms with E-state index in [0.29, 0.717) is 25.2 Å². The number of carboxylic acid groups (broad SMARTS) is 1. The molecule has 0 aromatic heterocycles. The number of rotatable bonds is 13. The van der Waals surface area contributed by atoms with Crippen LogP contribution in [-0.2, 0) is 45.0 Å². The normalized spacial score (nSPS) is 13.0. The second kappa shape index (κ2) is 12.5. The van der Waals surface area contributed by atoms with Crippen molar-refractivity contribution in [1.29, 1.82) is 0 Å². The Kier molecular flexibility index (Phi) is 9.49. The van der Waals surface area contributed by atoms with E-state index in [1.54, 1.807) is 36.4 Å². The third-order valence-corrected chi connectivity index (χ3v) is 7.40. The standard InChI is InChI=1S/C26H28O8S2/c1-36(31,32)34-24-12-10-23(11-13-24)33-16-14-19-2-4-21(5-3-19)18-25(26(28)29)35(30)17-15-20-6-8-22(27)9-7-20/h2-13,25,27H,14-18H2,1H3,(H,28,29). The molecular weight excluding hydrogens is 504 g/mol. The van der Waals surface area contributed by atoms with Gasteiger partial charge in [-0.1, -0.05) is 36.4 Å². The fourth-order valence-corrected chi connectivity index (χ4v) is 5.21. The Bertz CT molecular complexity index is 1270. The van der Waals surface area contributed by atoms with Crippen LogP contribution in [0.1, 0.15) is 16.7 Å². The molecule has 10 heteroatoms. The van der Waals surface area contributed by atoms with Crippen LogP contribution >= 0.6 is 0 Å². The van der Waals surface area contributed by atoms with Crippen LogP contribution in [0.2, 0.25) is 0 Å². The van der Waals surface area contributed by atoms with Crippen molar-refractivity contribution < 1.29 is 36.6 Å². The average Bonchev–Trinajstić information content (AvgIpc) is 2.83. The number of aryl methyl sites for hydroxylation is 1. The third-order valence-electron chi connectivity index (χ3n) is 5.30. The quantitative estimate of drug-likeness (QED) is 0.321. The van der Waals surface area contributed by atoms with Crippen molar-refractivity contribution in [3.8, 4) is 17.2 Å². The van der Waals surface area contributed by atoms with Gasteiger partial charge in [0.15, 0.2) is 0 Å². The molecule has 0 fully saturated rings. The van der Waals surface area contributed by atoms with Gasteiger partial charge < -0.3 is 19.1 Å². The van der Waals surface area contributed by atoms with E-state index in [-0.39, 0.29) is 23.7 Å². The monoisotopic (exact) mass is 532 g/mol. The van der Waals surface area contributed by atoms with Crippen LogP contribution in [0, 0.1) is 0 Å². The molecular formula is C26H28O8S2. The van der Waals surface area contributed by atoms with Crippen LogP contribution in [0.4, 0.5) is 0 Å². The molecule has 0 heterocycles. The maximum atomic E-state index is 12.7. The molecule has 0 aliphatic rings. The number of hydrogen-bond acceptors (Lipinski definition) is 7. The first kappa shape index (κ1) is 27.2. The van der Waals surface area contributed by atoms with Gasteiger partial charge in [0.05, 0.1) is 12.9 Å². The summed E-state index contributed by atoms with van der Waals surface area (Å²) in [5.74, 6) is 0.0600. The topological polar surface area (TPSA) is 127 Å². The van der Waals surface area contributed by atoms with E-state index in [9.17, 15) is 27.6 Å². The van der Waals surface area contributed by atoms with Crippen molar-refractivity contribution >= 4 is 26.9 Å². The first-order valence-electron chi connectivity index (χ1n) is 11.2. The molecule has 36 heavy (non-hydrogen) atoms. The molecule has 8 nitrogen and oxygen atoms in total. The summed E-state index contributed by atoms with van der Waals surface area (Å²) < 4.78 is 45.5. The number of phenols is 1. The van der Waals surface area contributed by atoms with Crippen LogP contribution in [0.15, 0.2) is 72.8 Å². The van der Waals surface area contributed by atoms with Crippen LogP contribution in [0.3, 0.4) is 0 Å². The first-order valence-corrected chi connectivity index (χ1v) is 14.4. The Morgan fingerprint density at radius 2 is 1.39 bits per heavy atom. The maximum absolute atomic E-state index is 12.7. The molecule has 0 radical (unpaired) electrons. The molecule has 3 aromatic carbocycles. The highest BCUT2D eigenvalue weighted by Crippen LogP contribution is 2.19. The zero-order chi connectivity index (χ0) is 26.1. The highest BCUT2D eigenvalue weighted by atomic mass is 32.2. The molecule has 0 amide bonds. The van der Waals surface area contributed by atoms with E-state index in [1.165, 1.54) is 12.1 Å². The predicted molar refractivity (Wildman–Crippen MR) is 138 cm³/mol. The van der Waals surface area contributed by atoms with Crippen molar-refractivity contribution in [2.24, 2.45) is 0 Å². The van der Waals surface area contributed by atoms with Gasteiger partial charge >= 0.3 is 16.1 Å². The van der Waals surface area contributed by atoms with E-state index < -0.39 is 32.1 Å². The zero-order valence-electron chi connectivity index (χ0n) is 19.7. The van der Waals surface area contributed by atoms with Crippen molar-refractivity contribution in [2.45, 2.75) is 24.5 Å². The SMILES string of the molecule is CS(=O)(=O)Oc1ccc(OCCc2ccc(CC(C(=O)O)S(=O)CCc3ccc(O)cc3)cc2)cc1. The van der Waals surface area contributed by atoms with Gasteiger partial charge in [0.2, 0.25) is 0 Å². The predicted octanol–water partition coefficient (Wildman–Crippen LogP) is 3.34. The number of carbonyl (C=O) groups is 1. The Hall–Kier alpha value is -3.37. The molecule has 0 saturated carbocycles. The van der Waals surface area contributed by atoms with Gasteiger partial charge in [-0.3, -0.25) is 9.00 Å². The van der Waals surface area contributed by atoms with Gasteiger partial charge in [0, 0.05) is 23.0 Å². The van der Waals surface area contributed by atoms with Crippen LogP contribution in [-0.4, -0.2) is 52.7 Å². The number of aromatic hydroxyl groups is 1. The van der Waals surface area contributed by atoms with Gasteiger partial charge in [0.25, 0.3) is 0 Å². The molecule has 192 valence electrons. The Balaban J connectivity index is 1.48. The Labute approximate surface area is 213 Å². The van der Waals surface area contributed by atoms with Gasteiger partial charge in [0.1, 0.15) is 22.5 Å². The lowest BCUT2D eigenvalue weighted by molar-refractivity contribution is -0.136. The minimum atomic E-state index is -3.58. The van der Waals surface area contributed by atoms with Gasteiger partial charge in [-0.05, 0) is 65.9 Å². The summed E-state index contributed by atoms with van der Waals surface area (Å²) in [4.78, 5) is 11.8. The van der Waals surface area contributed by atoms with E-state index in [4.69, 9.17) is 8.92 Å². The highest BCUT2D eigenvalue weighted by molar-refractivity contribution is 7.86. The summed E-state index contributed by atoms with van der Waals surface area (Å²) in [7, 11) is -5.14. The van der Waals surface area contributed by atoms with Crippen molar-refractivity contribution in [3.63, 3.8) is 0 Å². The van der Waals surface area contributed by atoms with E-state index in [0.717, 1.165) is 22.9 Å². The fraction of sp³-hybridized carbons (Fsp3) is 0.269. The summed E-state index contributed by atoms with van der Waals surface area (Å²) in [6.07, 6.45) is 2.21. The molecule has 2 unspecified atom stereocenters. The summed E-state index contributed by atoms with van der Waals surface area (Å²) >= 11 is 0. The van der Waals surface area contributed by atoms with Crippen LogP contribution < -0.4 is 8.92 Å². The van der Waals surface area contributed by atoms with Crippen molar-refractivity contribution in [2.75, 3.05) is 18.6 Å². The van der Waals surface area contributed by atoms with E-state index in [1.807, 2.05) is 24.3 Å². The summed E-state index contributed by atoms with van der Waals surface area (Å²) in [6.45, 7) is 0.394. The molecule has 3 aromatic rings. The Morgan fingerprint density at radius 3 is 1.97 bits per heavy atom. The minimum absolute atomic E-state index is 0.147. The minimum Gasteiger partial charge on any atom is -0.508 e. The Morgan fingerprint density at radius 1 is 0.861 bits per heavy atom. The molecule has 0 bridgehead atoms. The highest BCUT2D eigenvalue weighted by Gasteiger charge is 2.25. The number of benzene rings is 3. The lowest BCUT2D eigenvalue weighted by Gasteiger charge is -2.13. The van der Waals surface area contributed by atoms with Gasteiger partial charge in [-0.25, -0.2) is 0 Å². The molecule has 2 atom stereocenters. The summed E-state index contributed by atoms with van der Waals surface area (Å²) in [6, 6.07) is 20.3. The third kappa shape index (κ3) is 9.01. The molecule has 0 aliphatic carbocycles. The second-order valence-electron chi connectivity index (χ2n) is 8.21. The van der Waals surface area contributed by atoms with E-state index in [2.05, 4.69) is 0 Å². The number of hydrogen-bond donors (Lipinski definition) is 2. The lowest BCUT2D eigenvalue weighted by Crippen LogP contribution is -2.30. The molecule has 0 saturated heterocycles. The van der Waals surface area contributed by atoms with Gasteiger partial charge in [-0.15, -0.1) is 0 Å². The zero-order valence-corrected chi connectivity index (χ0v) is 21.3. The smallest absolute Gasteiger partial charge is 0.319 e. The fourth-order valence-electron chi connectivity index (χ4n) is 3.43. The number of ether oxygens (including phenoxy) is 1. The summed E-state index contributed by atoms with van der Waals surface area (Å²) in [5, 5.41) is 18.0. The molecule has 0 aliphatic heterocycles. The number of carboxylic acids is 1. The lowest BCUT2D eigenvalue weighted by atomic mass is 10.1. The molecule has 0 spiro atoms. The van der Waals surface area contributed by atoms with Crippen molar-refractivity contribution in [3.05, 3.63) is 89.5 Å². The van der Waals surface area contributed by atoms with Gasteiger partial charge in [-0.2, -0.15) is 8.42 Å². The summed E-state index contributed by atoms with van der Waals surface area (Å²) in [5.41, 5.74) is 2.66. The van der Waals surface area contributed by atoms with Crippen LogP contribution in [0.25, 0.3) is 0 Å². The number of aliphatic carboxylic acids is 1. The molecule has 3 rings (SSSR count).